The molecule has 4 unspecified atom stereocenters. The Kier molecular flexibility index (Phi) is 11.2. The molecule has 2 rings (SSSR count). The van der Waals surface area contributed by atoms with E-state index in [4.69, 9.17) is 11.5 Å². The molecule has 0 fully saturated rings. The number of phenolic OH excluding ortho intramolecular Hbond substituents is 1. The highest BCUT2D eigenvalue weighted by molar-refractivity contribution is 5.94. The molecule has 12 nitrogen and oxygen atoms in total. The maximum absolute atomic E-state index is 13.0. The van der Waals surface area contributed by atoms with E-state index in [1.165, 1.54) is 31.2 Å². The summed E-state index contributed by atoms with van der Waals surface area (Å²) in [4.78, 5) is 61.1. The van der Waals surface area contributed by atoms with Gasteiger partial charge in [-0.2, -0.15) is 0 Å². The second-order valence-electron chi connectivity index (χ2n) is 8.86. The van der Waals surface area contributed by atoms with Crippen LogP contribution in [0.15, 0.2) is 54.6 Å². The molecular formula is C26H33N5O7. The predicted octanol–water partition coefficient (Wildman–Crippen LogP) is -0.671. The fourth-order valence-corrected chi connectivity index (χ4v) is 3.54. The van der Waals surface area contributed by atoms with Crippen molar-refractivity contribution in [2.75, 3.05) is 0 Å². The zero-order valence-corrected chi connectivity index (χ0v) is 20.9. The second kappa shape index (κ2) is 14.3. The summed E-state index contributed by atoms with van der Waals surface area (Å²) in [6.45, 7) is 1.42. The molecule has 12 heteroatoms. The first kappa shape index (κ1) is 29.8. The number of benzene rings is 2. The van der Waals surface area contributed by atoms with Crippen molar-refractivity contribution in [3.63, 3.8) is 0 Å². The zero-order valence-electron chi connectivity index (χ0n) is 20.9. The van der Waals surface area contributed by atoms with Gasteiger partial charge in [0.05, 0.1) is 6.04 Å². The van der Waals surface area contributed by atoms with Gasteiger partial charge < -0.3 is 37.6 Å². The minimum Gasteiger partial charge on any atom is -0.508 e. The van der Waals surface area contributed by atoms with Gasteiger partial charge in [0.2, 0.25) is 23.6 Å². The van der Waals surface area contributed by atoms with E-state index in [0.717, 1.165) is 5.56 Å². The van der Waals surface area contributed by atoms with Crippen LogP contribution < -0.4 is 27.4 Å². The SMILES string of the molecule is CC(NC(=O)C(N)Cc1ccccc1)C(=O)NC(Cc1ccc(O)cc1)C(=O)NC(CCC(N)=O)C(=O)O. The molecule has 4 amide bonds. The molecule has 0 saturated carbocycles. The van der Waals surface area contributed by atoms with E-state index >= 15 is 0 Å². The van der Waals surface area contributed by atoms with Crippen LogP contribution in [0.4, 0.5) is 0 Å². The monoisotopic (exact) mass is 527 g/mol. The Morgan fingerprint density at radius 2 is 1.37 bits per heavy atom. The van der Waals surface area contributed by atoms with Gasteiger partial charge in [-0.05, 0) is 43.0 Å². The number of hydrogen-bond donors (Lipinski definition) is 7. The summed E-state index contributed by atoms with van der Waals surface area (Å²) < 4.78 is 0. The van der Waals surface area contributed by atoms with Crippen LogP contribution in [0.5, 0.6) is 5.75 Å². The van der Waals surface area contributed by atoms with E-state index in [1.54, 1.807) is 0 Å². The molecule has 204 valence electrons. The Hall–Kier alpha value is -4.45. The lowest BCUT2D eigenvalue weighted by Crippen LogP contribution is -2.57. The molecule has 0 aliphatic rings. The molecular weight excluding hydrogens is 494 g/mol. The third-order valence-electron chi connectivity index (χ3n) is 5.69. The van der Waals surface area contributed by atoms with Crippen LogP contribution in [0.1, 0.15) is 30.9 Å². The number of phenols is 1. The van der Waals surface area contributed by atoms with Gasteiger partial charge in [0.25, 0.3) is 0 Å². The summed E-state index contributed by atoms with van der Waals surface area (Å²) in [6, 6.07) is 10.4. The zero-order chi connectivity index (χ0) is 28.2. The first-order valence-electron chi connectivity index (χ1n) is 12.0. The summed E-state index contributed by atoms with van der Waals surface area (Å²) in [5.74, 6) is -4.18. The van der Waals surface area contributed by atoms with Gasteiger partial charge in [-0.15, -0.1) is 0 Å². The standard InChI is InChI=1S/C26H33N5O7/c1-15(29-24(35)19(27)13-16-5-3-2-4-6-16)23(34)31-21(14-17-7-9-18(32)10-8-17)25(36)30-20(26(37)38)11-12-22(28)33/h2-10,15,19-21,32H,11-14,27H2,1H3,(H2,28,33)(H,29,35)(H,30,36)(H,31,34)(H,37,38). The molecule has 0 aromatic heterocycles. The van der Waals surface area contributed by atoms with Gasteiger partial charge in [0, 0.05) is 12.8 Å². The quantitative estimate of drug-likeness (QED) is 0.167. The van der Waals surface area contributed by atoms with Crippen molar-refractivity contribution < 1.29 is 34.2 Å². The third kappa shape index (κ3) is 9.90. The van der Waals surface area contributed by atoms with Crippen molar-refractivity contribution in [1.29, 1.82) is 0 Å². The molecule has 0 bridgehead atoms. The Labute approximate surface area is 219 Å². The van der Waals surface area contributed by atoms with E-state index in [-0.39, 0.29) is 31.4 Å². The fourth-order valence-electron chi connectivity index (χ4n) is 3.54. The fraction of sp³-hybridized carbons (Fsp3) is 0.346. The average Bonchev–Trinajstić information content (AvgIpc) is 2.87. The van der Waals surface area contributed by atoms with Crippen LogP contribution in [0.2, 0.25) is 0 Å². The van der Waals surface area contributed by atoms with Gasteiger partial charge in [-0.3, -0.25) is 19.2 Å². The van der Waals surface area contributed by atoms with Crippen LogP contribution in [-0.4, -0.2) is 64.0 Å². The molecule has 0 spiro atoms. The Morgan fingerprint density at radius 1 is 0.789 bits per heavy atom. The number of carbonyl (C=O) groups excluding carboxylic acids is 4. The number of carboxylic acids is 1. The molecule has 38 heavy (non-hydrogen) atoms. The highest BCUT2D eigenvalue weighted by atomic mass is 16.4. The van der Waals surface area contributed by atoms with E-state index in [2.05, 4.69) is 16.0 Å². The summed E-state index contributed by atoms with van der Waals surface area (Å²) in [5.41, 5.74) is 12.5. The number of aliphatic carboxylic acids is 1. The number of carbonyl (C=O) groups is 5. The highest BCUT2D eigenvalue weighted by Gasteiger charge is 2.29. The van der Waals surface area contributed by atoms with Crippen LogP contribution >= 0.6 is 0 Å². The molecule has 2 aromatic carbocycles. The number of nitrogens with two attached hydrogens (primary N) is 2. The van der Waals surface area contributed by atoms with Gasteiger partial charge in [-0.25, -0.2) is 4.79 Å². The van der Waals surface area contributed by atoms with E-state index in [0.29, 0.717) is 5.56 Å². The second-order valence-corrected chi connectivity index (χ2v) is 8.86. The van der Waals surface area contributed by atoms with Crippen LogP contribution in [0.3, 0.4) is 0 Å². The molecule has 0 saturated heterocycles. The molecule has 0 heterocycles. The largest absolute Gasteiger partial charge is 0.508 e. The Morgan fingerprint density at radius 3 is 1.95 bits per heavy atom. The molecule has 0 aliphatic carbocycles. The van der Waals surface area contributed by atoms with Crippen molar-refractivity contribution in [2.24, 2.45) is 11.5 Å². The van der Waals surface area contributed by atoms with Crippen LogP contribution in [-0.2, 0) is 36.8 Å². The maximum Gasteiger partial charge on any atom is 0.326 e. The Bertz CT molecular complexity index is 1120. The lowest BCUT2D eigenvalue weighted by atomic mass is 10.0. The summed E-state index contributed by atoms with van der Waals surface area (Å²) in [7, 11) is 0. The van der Waals surface area contributed by atoms with Crippen molar-refractivity contribution >= 4 is 29.6 Å². The number of amides is 4. The molecule has 9 N–H and O–H groups in total. The number of hydrogen-bond acceptors (Lipinski definition) is 7. The van der Waals surface area contributed by atoms with Crippen molar-refractivity contribution in [3.8, 4) is 5.75 Å². The lowest BCUT2D eigenvalue weighted by molar-refractivity contribution is -0.142. The highest BCUT2D eigenvalue weighted by Crippen LogP contribution is 2.12. The topological polar surface area (TPSA) is 214 Å². The van der Waals surface area contributed by atoms with Crippen molar-refractivity contribution in [3.05, 3.63) is 65.7 Å². The minimum absolute atomic E-state index is 0.000596. The average molecular weight is 528 g/mol. The van der Waals surface area contributed by atoms with Gasteiger partial charge >= 0.3 is 5.97 Å². The number of primary amides is 1. The van der Waals surface area contributed by atoms with E-state index < -0.39 is 53.8 Å². The first-order valence-corrected chi connectivity index (χ1v) is 12.0. The normalized spacial score (nSPS) is 13.8. The number of rotatable bonds is 14. The van der Waals surface area contributed by atoms with Crippen molar-refractivity contribution in [1.82, 2.24) is 16.0 Å². The minimum atomic E-state index is -1.41. The lowest BCUT2D eigenvalue weighted by Gasteiger charge is -2.24. The molecule has 0 aliphatic heterocycles. The van der Waals surface area contributed by atoms with E-state index in [9.17, 15) is 34.2 Å². The first-order chi connectivity index (χ1) is 18.0. The number of aromatic hydroxyl groups is 1. The molecule has 2 aromatic rings. The number of nitrogens with one attached hydrogen (secondary N) is 3. The van der Waals surface area contributed by atoms with E-state index in [1.807, 2.05) is 30.3 Å². The summed E-state index contributed by atoms with van der Waals surface area (Å²) in [5, 5.41) is 26.3. The van der Waals surface area contributed by atoms with Gasteiger partial charge in [-0.1, -0.05) is 42.5 Å². The van der Waals surface area contributed by atoms with Crippen LogP contribution in [0, 0.1) is 0 Å². The smallest absolute Gasteiger partial charge is 0.326 e. The predicted molar refractivity (Wildman–Crippen MR) is 137 cm³/mol. The number of carboxylic acid groups (broad SMARTS) is 1. The summed E-state index contributed by atoms with van der Waals surface area (Å²) >= 11 is 0. The molecule has 0 radical (unpaired) electrons. The molecule has 4 atom stereocenters. The van der Waals surface area contributed by atoms with Gasteiger partial charge in [0.1, 0.15) is 23.9 Å². The third-order valence-corrected chi connectivity index (χ3v) is 5.69. The Balaban J connectivity index is 2.09. The summed E-state index contributed by atoms with van der Waals surface area (Å²) in [6.07, 6.45) is -0.288. The maximum atomic E-state index is 13.0. The van der Waals surface area contributed by atoms with Crippen LogP contribution in [0.25, 0.3) is 0 Å². The van der Waals surface area contributed by atoms with Gasteiger partial charge in [0.15, 0.2) is 0 Å². The van der Waals surface area contributed by atoms with Crippen molar-refractivity contribution in [2.45, 2.75) is 56.8 Å².